The molecule has 38 heavy (non-hydrogen) atoms. The van der Waals surface area contributed by atoms with Crippen molar-refractivity contribution in [2.75, 3.05) is 6.61 Å². The van der Waals surface area contributed by atoms with Crippen LogP contribution >= 0.6 is 68.1 Å². The van der Waals surface area contributed by atoms with Crippen molar-refractivity contribution in [3.8, 4) is 5.75 Å². The van der Waals surface area contributed by atoms with Crippen molar-refractivity contribution in [3.63, 3.8) is 0 Å². The first-order valence-electron chi connectivity index (χ1n) is 12.1. The van der Waals surface area contributed by atoms with Crippen molar-refractivity contribution >= 4 is 79.9 Å². The molecule has 190 valence electrons. The summed E-state index contributed by atoms with van der Waals surface area (Å²) >= 11 is 12.2. The Balaban J connectivity index is 1.55. The lowest BCUT2D eigenvalue weighted by atomic mass is 9.83. The van der Waals surface area contributed by atoms with E-state index in [1.807, 2.05) is 47.0 Å². The summed E-state index contributed by atoms with van der Waals surface area (Å²) in [6.45, 7) is 4.18. The van der Waals surface area contributed by atoms with Crippen LogP contribution in [0.25, 0.3) is 11.8 Å². The molecule has 0 radical (unpaired) electrons. The van der Waals surface area contributed by atoms with Crippen LogP contribution in [0.3, 0.4) is 0 Å². The molecular formula is C30H21ClI2N2O2S. The number of aryl methyl sites for hydroxylation is 1. The average Bonchev–Trinajstić information content (AvgIpc) is 3.22. The van der Waals surface area contributed by atoms with E-state index in [-0.39, 0.29) is 11.6 Å². The third-order valence-electron chi connectivity index (χ3n) is 6.72. The topological polar surface area (TPSA) is 43.6 Å². The molecule has 0 spiro atoms. The maximum absolute atomic E-state index is 14.0. The number of thiazole rings is 1. The minimum absolute atomic E-state index is 0.0314. The van der Waals surface area contributed by atoms with Gasteiger partial charge in [-0.05, 0) is 111 Å². The summed E-state index contributed by atoms with van der Waals surface area (Å²) in [5.74, 6) is 0.832. The molecule has 0 bridgehead atoms. The van der Waals surface area contributed by atoms with Crippen molar-refractivity contribution in [2.45, 2.75) is 18.9 Å². The lowest BCUT2D eigenvalue weighted by Gasteiger charge is -2.30. The first kappa shape index (κ1) is 26.0. The number of ether oxygens (including phenoxy) is 1. The second-order valence-electron chi connectivity index (χ2n) is 9.08. The number of nitrogens with zero attached hydrogens (tertiary/aromatic N) is 2. The van der Waals surface area contributed by atoms with E-state index >= 15 is 0 Å². The first-order chi connectivity index (χ1) is 18.4. The maximum atomic E-state index is 14.0. The zero-order valence-corrected chi connectivity index (χ0v) is 26.0. The third-order valence-corrected chi connectivity index (χ3v) is 9.56. The quantitative estimate of drug-likeness (QED) is 0.167. The number of aromatic nitrogens is 1. The molecule has 0 N–H and O–H groups in total. The van der Waals surface area contributed by atoms with Gasteiger partial charge in [-0.1, -0.05) is 72.0 Å². The number of allylic oxidation sites excluding steroid dienone is 1. The molecule has 0 amide bonds. The van der Waals surface area contributed by atoms with Crippen LogP contribution in [0.15, 0.2) is 88.7 Å². The van der Waals surface area contributed by atoms with Crippen molar-refractivity contribution in [3.05, 3.63) is 133 Å². The number of fused-ring (bicyclic) bond motifs is 3. The van der Waals surface area contributed by atoms with Gasteiger partial charge in [0.05, 0.1) is 23.4 Å². The molecule has 0 saturated carbocycles. The summed E-state index contributed by atoms with van der Waals surface area (Å²) in [7, 11) is 0. The number of hydrogen-bond donors (Lipinski definition) is 0. The van der Waals surface area contributed by atoms with Gasteiger partial charge in [0, 0.05) is 10.6 Å². The van der Waals surface area contributed by atoms with E-state index in [0.29, 0.717) is 21.0 Å². The molecule has 6 rings (SSSR count). The first-order valence-corrected chi connectivity index (χ1v) is 15.4. The number of rotatable bonds is 5. The highest BCUT2D eigenvalue weighted by atomic mass is 127. The zero-order chi connectivity index (χ0) is 26.4. The highest BCUT2D eigenvalue weighted by Gasteiger charge is 2.32. The van der Waals surface area contributed by atoms with Gasteiger partial charge in [0.25, 0.3) is 5.56 Å². The zero-order valence-electron chi connectivity index (χ0n) is 20.1. The molecule has 4 aromatic rings. The van der Waals surface area contributed by atoms with Gasteiger partial charge >= 0.3 is 0 Å². The SMILES string of the molecule is C=CCOc1c(I)cc(/C=c2/sc3n(c2=O)[C@@H](c2ccc(Cl)cc2)C2=C(N=3)c3ccccc3CC2)cc1I. The van der Waals surface area contributed by atoms with Crippen LogP contribution in [-0.2, 0) is 6.42 Å². The van der Waals surface area contributed by atoms with Gasteiger partial charge in [0.15, 0.2) is 4.80 Å². The second kappa shape index (κ2) is 10.7. The predicted molar refractivity (Wildman–Crippen MR) is 172 cm³/mol. The Morgan fingerprint density at radius 3 is 2.58 bits per heavy atom. The lowest BCUT2D eigenvalue weighted by molar-refractivity contribution is 0.358. The molecular weight excluding hydrogens is 742 g/mol. The smallest absolute Gasteiger partial charge is 0.271 e. The highest BCUT2D eigenvalue weighted by Crippen LogP contribution is 2.41. The van der Waals surface area contributed by atoms with Crippen molar-refractivity contribution in [2.24, 2.45) is 4.99 Å². The van der Waals surface area contributed by atoms with Crippen LogP contribution in [0.1, 0.15) is 34.7 Å². The van der Waals surface area contributed by atoms with Gasteiger partial charge in [-0.25, -0.2) is 4.99 Å². The minimum Gasteiger partial charge on any atom is -0.487 e. The van der Waals surface area contributed by atoms with Gasteiger partial charge in [-0.2, -0.15) is 0 Å². The lowest BCUT2D eigenvalue weighted by Crippen LogP contribution is -2.38. The fourth-order valence-corrected chi connectivity index (χ4v) is 8.32. The Labute approximate surface area is 256 Å². The maximum Gasteiger partial charge on any atom is 0.271 e. The largest absolute Gasteiger partial charge is 0.487 e. The fraction of sp³-hybridized carbons (Fsp3) is 0.133. The summed E-state index contributed by atoms with van der Waals surface area (Å²) in [5, 5.41) is 0.675. The molecule has 0 saturated heterocycles. The van der Waals surface area contributed by atoms with E-state index in [1.165, 1.54) is 22.5 Å². The van der Waals surface area contributed by atoms with Crippen LogP contribution < -0.4 is 19.6 Å². The van der Waals surface area contributed by atoms with E-state index < -0.39 is 0 Å². The Morgan fingerprint density at radius 2 is 1.84 bits per heavy atom. The third kappa shape index (κ3) is 4.71. The summed E-state index contributed by atoms with van der Waals surface area (Å²) in [4.78, 5) is 19.8. The van der Waals surface area contributed by atoms with E-state index in [1.54, 1.807) is 6.08 Å². The summed E-state index contributed by atoms with van der Waals surface area (Å²) < 4.78 is 10.3. The second-order valence-corrected chi connectivity index (χ2v) is 12.8. The number of halogens is 3. The fourth-order valence-electron chi connectivity index (χ4n) is 5.06. The predicted octanol–water partition coefficient (Wildman–Crippen LogP) is 6.75. The van der Waals surface area contributed by atoms with Crippen LogP contribution in [-0.4, -0.2) is 11.2 Å². The van der Waals surface area contributed by atoms with E-state index in [2.05, 4.69) is 76.0 Å². The molecule has 2 heterocycles. The van der Waals surface area contributed by atoms with Crippen molar-refractivity contribution < 1.29 is 4.74 Å². The van der Waals surface area contributed by atoms with Crippen molar-refractivity contribution in [1.29, 1.82) is 0 Å². The Hall–Kier alpha value is -2.21. The Bertz CT molecular complexity index is 1780. The summed E-state index contributed by atoms with van der Waals surface area (Å²) in [5.41, 5.74) is 6.58. The molecule has 1 aromatic heterocycles. The highest BCUT2D eigenvalue weighted by molar-refractivity contribution is 14.1. The molecule has 8 heteroatoms. The van der Waals surface area contributed by atoms with Gasteiger partial charge in [-0.15, -0.1) is 0 Å². The molecule has 1 aliphatic carbocycles. The van der Waals surface area contributed by atoms with Gasteiger partial charge < -0.3 is 4.74 Å². The van der Waals surface area contributed by atoms with Crippen molar-refractivity contribution in [1.82, 2.24) is 4.57 Å². The number of hydrogen-bond acceptors (Lipinski definition) is 4. The minimum atomic E-state index is -0.219. The molecule has 1 aliphatic heterocycles. The summed E-state index contributed by atoms with van der Waals surface area (Å²) in [6, 6.07) is 20.1. The Kier molecular flexibility index (Phi) is 7.36. The van der Waals surface area contributed by atoms with E-state index in [4.69, 9.17) is 21.3 Å². The normalized spacial score (nSPS) is 16.4. The van der Waals surface area contributed by atoms with Gasteiger partial charge in [0.1, 0.15) is 12.4 Å². The van der Waals surface area contributed by atoms with E-state index in [9.17, 15) is 4.79 Å². The number of benzene rings is 3. The van der Waals surface area contributed by atoms with Crippen LogP contribution in [0.2, 0.25) is 5.02 Å². The molecule has 4 nitrogen and oxygen atoms in total. The standard InChI is InChI=1S/C30H21ClI2N2O2S/c1-2-13-37-28-23(32)14-17(15-24(28)33)16-25-29(36)35-27(19-7-10-20(31)11-8-19)22-12-9-18-5-3-4-6-21(18)26(22)34-30(35)38-25/h2-8,10-11,14-16,27H,1,9,12-13H2/b25-16+/t27-/m0/s1. The molecule has 0 fully saturated rings. The van der Waals surface area contributed by atoms with Gasteiger partial charge in [-0.3, -0.25) is 9.36 Å². The van der Waals surface area contributed by atoms with Crippen LogP contribution in [0, 0.1) is 7.14 Å². The molecule has 0 unspecified atom stereocenters. The summed E-state index contributed by atoms with van der Waals surface area (Å²) in [6.07, 6.45) is 5.47. The van der Waals surface area contributed by atoms with Crippen LogP contribution in [0.4, 0.5) is 0 Å². The molecule has 1 atom stereocenters. The Morgan fingerprint density at radius 1 is 1.11 bits per heavy atom. The average molecular weight is 763 g/mol. The van der Waals surface area contributed by atoms with E-state index in [0.717, 1.165) is 48.1 Å². The molecule has 3 aromatic carbocycles. The monoisotopic (exact) mass is 762 g/mol. The van der Waals surface area contributed by atoms with Crippen LogP contribution in [0.5, 0.6) is 5.75 Å². The van der Waals surface area contributed by atoms with Gasteiger partial charge in [0.2, 0.25) is 0 Å². The molecule has 2 aliphatic rings.